The van der Waals surface area contributed by atoms with Gasteiger partial charge in [-0.2, -0.15) is 0 Å². The molecule has 0 saturated carbocycles. The van der Waals surface area contributed by atoms with Gasteiger partial charge in [-0.05, 0) is 24.7 Å². The third-order valence-corrected chi connectivity index (χ3v) is 4.06. The zero-order chi connectivity index (χ0) is 14.2. The summed E-state index contributed by atoms with van der Waals surface area (Å²) in [7, 11) is -3.25. The maximum absolute atomic E-state index is 11.6. The number of hydrogen-bond acceptors (Lipinski definition) is 3. The van der Waals surface area contributed by atoms with Crippen LogP contribution < -0.4 is 4.72 Å². The molecule has 0 aliphatic rings. The van der Waals surface area contributed by atoms with Gasteiger partial charge < -0.3 is 5.11 Å². The molecule has 0 saturated heterocycles. The van der Waals surface area contributed by atoms with Crippen LogP contribution >= 0.6 is 0 Å². The number of carbonyl (C=O) groups is 1. The lowest BCUT2D eigenvalue weighted by molar-refractivity contribution is -0.138. The van der Waals surface area contributed by atoms with Crippen LogP contribution in [-0.2, 0) is 14.8 Å². The monoisotopic (exact) mass is 279 g/mol. The van der Waals surface area contributed by atoms with Gasteiger partial charge in [-0.3, -0.25) is 4.79 Å². The Bertz CT molecular complexity index is 338. The van der Waals surface area contributed by atoms with Gasteiger partial charge in [0.15, 0.2) is 0 Å². The van der Waals surface area contributed by atoms with Gasteiger partial charge in [-0.1, -0.05) is 27.2 Å². The molecule has 108 valence electrons. The van der Waals surface area contributed by atoms with Crippen LogP contribution in [0.15, 0.2) is 0 Å². The van der Waals surface area contributed by atoms with Gasteiger partial charge in [0.2, 0.25) is 10.0 Å². The van der Waals surface area contributed by atoms with Crippen molar-refractivity contribution >= 4 is 16.0 Å². The minimum absolute atomic E-state index is 0.00841. The van der Waals surface area contributed by atoms with Crippen molar-refractivity contribution in [2.75, 3.05) is 12.3 Å². The highest BCUT2D eigenvalue weighted by molar-refractivity contribution is 7.89. The van der Waals surface area contributed by atoms with Crippen LogP contribution in [0.4, 0.5) is 0 Å². The molecule has 0 aromatic rings. The number of carboxylic acids is 1. The lowest BCUT2D eigenvalue weighted by Gasteiger charge is -2.17. The average molecular weight is 279 g/mol. The number of rotatable bonds is 10. The SMILES string of the molecule is CCCCS(=O)(=O)NCC(CC(=O)O)CC(C)C. The lowest BCUT2D eigenvalue weighted by atomic mass is 9.94. The van der Waals surface area contributed by atoms with Gasteiger partial charge in [0, 0.05) is 13.0 Å². The van der Waals surface area contributed by atoms with Crippen LogP contribution in [0.2, 0.25) is 0 Å². The number of carboxylic acid groups (broad SMARTS) is 1. The standard InChI is InChI=1S/C12H25NO4S/c1-4-5-6-18(16,17)13-9-11(7-10(2)3)8-12(14)15/h10-11,13H,4-9H2,1-3H3,(H,14,15). The number of nitrogens with one attached hydrogen (secondary N) is 1. The zero-order valence-electron chi connectivity index (χ0n) is 11.5. The quantitative estimate of drug-likeness (QED) is 0.639. The summed E-state index contributed by atoms with van der Waals surface area (Å²) in [5, 5.41) is 8.79. The summed E-state index contributed by atoms with van der Waals surface area (Å²) < 4.78 is 25.7. The second-order valence-corrected chi connectivity index (χ2v) is 7.04. The van der Waals surface area contributed by atoms with Crippen LogP contribution in [0.5, 0.6) is 0 Å². The van der Waals surface area contributed by atoms with Gasteiger partial charge in [-0.15, -0.1) is 0 Å². The van der Waals surface area contributed by atoms with E-state index in [1.807, 2.05) is 20.8 Å². The molecule has 0 spiro atoms. The summed E-state index contributed by atoms with van der Waals surface area (Å²) >= 11 is 0. The first-order valence-electron chi connectivity index (χ1n) is 6.46. The largest absolute Gasteiger partial charge is 0.481 e. The van der Waals surface area contributed by atoms with Crippen LogP contribution in [0.1, 0.15) is 46.5 Å². The predicted octanol–water partition coefficient (Wildman–Crippen LogP) is 1.84. The summed E-state index contributed by atoms with van der Waals surface area (Å²) in [6, 6.07) is 0. The molecule has 0 heterocycles. The second-order valence-electron chi connectivity index (χ2n) is 5.11. The van der Waals surface area contributed by atoms with Gasteiger partial charge >= 0.3 is 5.97 Å². The van der Waals surface area contributed by atoms with Crippen LogP contribution in [0.25, 0.3) is 0 Å². The molecule has 0 aromatic heterocycles. The number of aliphatic carboxylic acids is 1. The third-order valence-electron chi connectivity index (χ3n) is 2.63. The topological polar surface area (TPSA) is 83.5 Å². The normalized spacial score (nSPS) is 13.8. The minimum Gasteiger partial charge on any atom is -0.481 e. The van der Waals surface area contributed by atoms with Crippen molar-refractivity contribution in [2.45, 2.75) is 46.5 Å². The van der Waals surface area contributed by atoms with Crippen molar-refractivity contribution in [1.29, 1.82) is 0 Å². The van der Waals surface area contributed by atoms with E-state index in [2.05, 4.69) is 4.72 Å². The first kappa shape index (κ1) is 17.4. The molecule has 0 bridgehead atoms. The second kappa shape index (κ2) is 8.48. The fourth-order valence-corrected chi connectivity index (χ4v) is 3.11. The van der Waals surface area contributed by atoms with E-state index in [1.54, 1.807) is 0 Å². The van der Waals surface area contributed by atoms with Crippen LogP contribution in [0.3, 0.4) is 0 Å². The Labute approximate surface area is 110 Å². The molecule has 1 unspecified atom stereocenters. The summed E-state index contributed by atoms with van der Waals surface area (Å²) in [6.45, 7) is 6.15. The van der Waals surface area contributed by atoms with Crippen molar-refractivity contribution in [1.82, 2.24) is 4.72 Å². The molecule has 0 radical (unpaired) electrons. The number of hydrogen-bond donors (Lipinski definition) is 2. The average Bonchev–Trinajstić information content (AvgIpc) is 2.22. The Balaban J connectivity index is 4.28. The van der Waals surface area contributed by atoms with E-state index in [-0.39, 0.29) is 24.6 Å². The first-order chi connectivity index (χ1) is 8.26. The molecule has 0 aliphatic carbocycles. The minimum atomic E-state index is -3.25. The first-order valence-corrected chi connectivity index (χ1v) is 8.11. The maximum atomic E-state index is 11.6. The van der Waals surface area contributed by atoms with E-state index in [9.17, 15) is 13.2 Å². The molecule has 18 heavy (non-hydrogen) atoms. The molecule has 5 nitrogen and oxygen atoms in total. The molecule has 0 aliphatic heterocycles. The number of sulfonamides is 1. The van der Waals surface area contributed by atoms with Crippen LogP contribution in [0, 0.1) is 11.8 Å². The summed E-state index contributed by atoms with van der Waals surface area (Å²) in [5.41, 5.74) is 0. The Morgan fingerprint density at radius 1 is 1.33 bits per heavy atom. The van der Waals surface area contributed by atoms with E-state index in [0.717, 1.165) is 6.42 Å². The zero-order valence-corrected chi connectivity index (χ0v) is 12.3. The van der Waals surface area contributed by atoms with E-state index in [4.69, 9.17) is 5.11 Å². The molecule has 0 rings (SSSR count). The van der Waals surface area contributed by atoms with Crippen molar-refractivity contribution in [2.24, 2.45) is 11.8 Å². The summed E-state index contributed by atoms with van der Waals surface area (Å²) in [6.07, 6.45) is 2.17. The van der Waals surface area contributed by atoms with Crippen molar-refractivity contribution in [3.63, 3.8) is 0 Å². The Morgan fingerprint density at radius 3 is 2.39 bits per heavy atom. The van der Waals surface area contributed by atoms with Gasteiger partial charge in [0.25, 0.3) is 0 Å². The molecule has 0 amide bonds. The molecule has 2 N–H and O–H groups in total. The van der Waals surface area contributed by atoms with E-state index in [1.165, 1.54) is 0 Å². The Morgan fingerprint density at radius 2 is 1.94 bits per heavy atom. The highest BCUT2D eigenvalue weighted by atomic mass is 32.2. The Hall–Kier alpha value is -0.620. The van der Waals surface area contributed by atoms with Gasteiger partial charge in [-0.25, -0.2) is 13.1 Å². The molecule has 0 aromatic carbocycles. The molecule has 6 heteroatoms. The van der Waals surface area contributed by atoms with Crippen molar-refractivity contribution < 1.29 is 18.3 Å². The fraction of sp³-hybridized carbons (Fsp3) is 0.917. The molecular formula is C12H25NO4S. The van der Waals surface area contributed by atoms with Gasteiger partial charge in [0.1, 0.15) is 0 Å². The number of unbranched alkanes of at least 4 members (excludes halogenated alkanes) is 1. The van der Waals surface area contributed by atoms with E-state index < -0.39 is 16.0 Å². The fourth-order valence-electron chi connectivity index (χ4n) is 1.80. The predicted molar refractivity (Wildman–Crippen MR) is 71.9 cm³/mol. The maximum Gasteiger partial charge on any atom is 0.303 e. The Kier molecular flexibility index (Phi) is 8.18. The molecule has 0 fully saturated rings. The van der Waals surface area contributed by atoms with Crippen molar-refractivity contribution in [3.05, 3.63) is 0 Å². The van der Waals surface area contributed by atoms with Crippen LogP contribution in [-0.4, -0.2) is 31.8 Å². The van der Waals surface area contributed by atoms with E-state index in [0.29, 0.717) is 18.8 Å². The molecule has 1 atom stereocenters. The summed E-state index contributed by atoms with van der Waals surface area (Å²) in [5.74, 6) is -0.549. The smallest absolute Gasteiger partial charge is 0.303 e. The highest BCUT2D eigenvalue weighted by Gasteiger charge is 2.18. The lowest BCUT2D eigenvalue weighted by Crippen LogP contribution is -2.32. The molecular weight excluding hydrogens is 254 g/mol. The van der Waals surface area contributed by atoms with Gasteiger partial charge in [0.05, 0.1) is 5.75 Å². The highest BCUT2D eigenvalue weighted by Crippen LogP contribution is 2.15. The summed E-state index contributed by atoms with van der Waals surface area (Å²) in [4.78, 5) is 10.7. The van der Waals surface area contributed by atoms with E-state index >= 15 is 0 Å². The van der Waals surface area contributed by atoms with Crippen molar-refractivity contribution in [3.8, 4) is 0 Å². The third kappa shape index (κ3) is 9.41.